The molecule has 1 unspecified atom stereocenters. The molecular weight excluding hydrogens is 438 g/mol. The van der Waals surface area contributed by atoms with Crippen molar-refractivity contribution in [3.8, 4) is 11.5 Å². The maximum absolute atomic E-state index is 12.8. The summed E-state index contributed by atoms with van der Waals surface area (Å²) in [5.41, 5.74) is 2.30. The molecule has 3 aromatic carbocycles. The number of hydrogen-bond donors (Lipinski definition) is 3. The molecule has 0 heterocycles. The first-order valence-electron chi connectivity index (χ1n) is 10.3. The molecule has 0 fully saturated rings. The fraction of sp³-hybridized carbons (Fsp3) is 0.200. The Labute approximate surface area is 197 Å². The van der Waals surface area contributed by atoms with Gasteiger partial charge in [-0.2, -0.15) is 0 Å². The molecule has 0 spiro atoms. The summed E-state index contributed by atoms with van der Waals surface area (Å²) in [6, 6.07) is 19.3. The number of carbonyl (C=O) groups is 2. The maximum atomic E-state index is 12.8. The van der Waals surface area contributed by atoms with Crippen LogP contribution in [0.25, 0.3) is 0 Å². The fourth-order valence-electron chi connectivity index (χ4n) is 3.18. The minimum Gasteiger partial charge on any atom is -0.495 e. The highest BCUT2D eigenvalue weighted by Crippen LogP contribution is 2.37. The summed E-state index contributed by atoms with van der Waals surface area (Å²) < 4.78 is 11.0. The molecule has 0 saturated carbocycles. The Bertz CT molecular complexity index is 1120. The lowest BCUT2D eigenvalue weighted by Crippen LogP contribution is -2.32. The first-order valence-corrected chi connectivity index (χ1v) is 11.5. The highest BCUT2D eigenvalue weighted by molar-refractivity contribution is 7.98. The molecule has 3 N–H and O–H groups in total. The van der Waals surface area contributed by atoms with Crippen molar-refractivity contribution < 1.29 is 19.1 Å². The molecule has 0 aliphatic carbocycles. The Morgan fingerprint density at radius 2 is 1.42 bits per heavy atom. The van der Waals surface area contributed by atoms with Crippen LogP contribution in [-0.2, 0) is 4.79 Å². The number of rotatable bonds is 9. The van der Waals surface area contributed by atoms with E-state index < -0.39 is 6.04 Å². The highest BCUT2D eigenvalue weighted by atomic mass is 32.2. The van der Waals surface area contributed by atoms with Crippen molar-refractivity contribution in [3.63, 3.8) is 0 Å². The predicted molar refractivity (Wildman–Crippen MR) is 134 cm³/mol. The topological polar surface area (TPSA) is 88.7 Å². The molecule has 7 nitrogen and oxygen atoms in total. The minimum atomic E-state index is -0.566. The lowest BCUT2D eigenvalue weighted by molar-refractivity contribution is -0.116. The number of anilines is 3. The lowest BCUT2D eigenvalue weighted by Gasteiger charge is -2.20. The number of ether oxygens (including phenoxy) is 2. The van der Waals surface area contributed by atoms with Crippen molar-refractivity contribution in [2.24, 2.45) is 0 Å². The van der Waals surface area contributed by atoms with Gasteiger partial charge >= 0.3 is 0 Å². The summed E-state index contributed by atoms with van der Waals surface area (Å²) >= 11 is 1.56. The first kappa shape index (κ1) is 24.0. The zero-order valence-corrected chi connectivity index (χ0v) is 19.8. The van der Waals surface area contributed by atoms with E-state index in [1.165, 1.54) is 14.2 Å². The standard InChI is InChI=1S/C25H27N3O4S/c1-16(24(29)27-18-12-8-9-13-23(18)33-4)26-19-14-22(32-3)20(15-21(19)31-2)28-25(30)17-10-6-5-7-11-17/h5-16,26H,1-4H3,(H,27,29)(H,28,30). The van der Waals surface area contributed by atoms with E-state index in [9.17, 15) is 9.59 Å². The Hall–Kier alpha value is -3.65. The second-order valence-corrected chi connectivity index (χ2v) is 7.98. The van der Waals surface area contributed by atoms with Crippen molar-refractivity contribution in [1.29, 1.82) is 0 Å². The summed E-state index contributed by atoms with van der Waals surface area (Å²) in [6.45, 7) is 1.76. The van der Waals surface area contributed by atoms with Gasteiger partial charge in [0.15, 0.2) is 0 Å². The molecule has 0 bridgehead atoms. The van der Waals surface area contributed by atoms with Crippen LogP contribution in [0, 0.1) is 0 Å². The van der Waals surface area contributed by atoms with Gasteiger partial charge in [-0.3, -0.25) is 9.59 Å². The maximum Gasteiger partial charge on any atom is 0.255 e. The lowest BCUT2D eigenvalue weighted by atomic mass is 10.1. The molecule has 1 atom stereocenters. The molecule has 172 valence electrons. The third-order valence-corrected chi connectivity index (χ3v) is 5.73. The van der Waals surface area contributed by atoms with E-state index in [-0.39, 0.29) is 11.8 Å². The Kier molecular flexibility index (Phi) is 8.21. The summed E-state index contributed by atoms with van der Waals surface area (Å²) in [6.07, 6.45) is 1.96. The van der Waals surface area contributed by atoms with Crippen LogP contribution in [0.5, 0.6) is 11.5 Å². The van der Waals surface area contributed by atoms with Crippen LogP contribution in [0.15, 0.2) is 71.6 Å². The van der Waals surface area contributed by atoms with E-state index >= 15 is 0 Å². The molecule has 0 aliphatic heterocycles. The van der Waals surface area contributed by atoms with Gasteiger partial charge in [-0.05, 0) is 37.4 Å². The molecule has 3 aromatic rings. The van der Waals surface area contributed by atoms with Gasteiger partial charge in [-0.25, -0.2) is 0 Å². The van der Waals surface area contributed by atoms with Crippen molar-refractivity contribution in [2.75, 3.05) is 36.4 Å². The van der Waals surface area contributed by atoms with Gasteiger partial charge < -0.3 is 25.4 Å². The monoisotopic (exact) mass is 465 g/mol. The summed E-state index contributed by atoms with van der Waals surface area (Å²) in [7, 11) is 3.04. The summed E-state index contributed by atoms with van der Waals surface area (Å²) in [5.74, 6) is 0.432. The number of hydrogen-bond acceptors (Lipinski definition) is 6. The van der Waals surface area contributed by atoms with Crippen molar-refractivity contribution >= 4 is 40.6 Å². The van der Waals surface area contributed by atoms with Crippen LogP contribution in [0.3, 0.4) is 0 Å². The van der Waals surface area contributed by atoms with E-state index in [1.54, 1.807) is 55.1 Å². The second-order valence-electron chi connectivity index (χ2n) is 7.13. The van der Waals surface area contributed by atoms with Gasteiger partial charge in [-0.1, -0.05) is 30.3 Å². The predicted octanol–water partition coefficient (Wildman–Crippen LogP) is 5.12. The summed E-state index contributed by atoms with van der Waals surface area (Å²) in [5, 5.41) is 8.97. The minimum absolute atomic E-state index is 0.195. The van der Waals surface area contributed by atoms with Crippen LogP contribution in [-0.4, -0.2) is 38.3 Å². The number of para-hydroxylation sites is 1. The van der Waals surface area contributed by atoms with E-state index in [1.807, 2.05) is 36.6 Å². The number of methoxy groups -OCH3 is 2. The van der Waals surface area contributed by atoms with E-state index in [2.05, 4.69) is 16.0 Å². The first-order chi connectivity index (χ1) is 16.0. The quantitative estimate of drug-likeness (QED) is 0.380. The zero-order chi connectivity index (χ0) is 23.8. The van der Waals surface area contributed by atoms with Gasteiger partial charge in [0, 0.05) is 22.6 Å². The van der Waals surface area contributed by atoms with Crippen LogP contribution >= 0.6 is 11.8 Å². The van der Waals surface area contributed by atoms with Crippen LogP contribution in [0.2, 0.25) is 0 Å². The van der Waals surface area contributed by atoms with Gasteiger partial charge in [-0.15, -0.1) is 11.8 Å². The fourth-order valence-corrected chi connectivity index (χ4v) is 3.73. The highest BCUT2D eigenvalue weighted by Gasteiger charge is 2.19. The third-order valence-electron chi connectivity index (χ3n) is 4.94. The average Bonchev–Trinajstić information content (AvgIpc) is 2.85. The van der Waals surface area contributed by atoms with Crippen LogP contribution < -0.4 is 25.4 Å². The smallest absolute Gasteiger partial charge is 0.255 e. The molecule has 0 aromatic heterocycles. The SMILES string of the molecule is COc1cc(NC(C)C(=O)Nc2ccccc2SC)c(OC)cc1NC(=O)c1ccccc1. The van der Waals surface area contributed by atoms with E-state index in [0.29, 0.717) is 28.4 Å². The van der Waals surface area contributed by atoms with Crippen molar-refractivity contribution in [3.05, 3.63) is 72.3 Å². The Morgan fingerprint density at radius 1 is 0.818 bits per heavy atom. The van der Waals surface area contributed by atoms with Crippen LogP contribution in [0.4, 0.5) is 17.1 Å². The number of carbonyl (C=O) groups excluding carboxylic acids is 2. The molecule has 0 radical (unpaired) electrons. The molecule has 33 heavy (non-hydrogen) atoms. The number of amides is 2. The molecule has 0 saturated heterocycles. The van der Waals surface area contributed by atoms with E-state index in [4.69, 9.17) is 9.47 Å². The second kappa shape index (κ2) is 11.3. The Morgan fingerprint density at radius 3 is 2.09 bits per heavy atom. The van der Waals surface area contributed by atoms with Gasteiger partial charge in [0.2, 0.25) is 5.91 Å². The normalized spacial score (nSPS) is 11.3. The van der Waals surface area contributed by atoms with Crippen molar-refractivity contribution in [2.45, 2.75) is 17.9 Å². The number of thioether (sulfide) groups is 1. The zero-order valence-electron chi connectivity index (χ0n) is 19.0. The molecule has 8 heteroatoms. The molecule has 0 aliphatic rings. The van der Waals surface area contributed by atoms with Gasteiger partial charge in [0.05, 0.1) is 31.3 Å². The van der Waals surface area contributed by atoms with Crippen molar-refractivity contribution in [1.82, 2.24) is 0 Å². The Balaban J connectivity index is 1.78. The third kappa shape index (κ3) is 5.98. The van der Waals surface area contributed by atoms with E-state index in [0.717, 1.165) is 10.6 Å². The molecule has 3 rings (SSSR count). The van der Waals surface area contributed by atoms with Gasteiger partial charge in [0.25, 0.3) is 5.91 Å². The molecule has 2 amide bonds. The number of benzene rings is 3. The number of nitrogens with one attached hydrogen (secondary N) is 3. The van der Waals surface area contributed by atoms with Gasteiger partial charge in [0.1, 0.15) is 17.5 Å². The average molecular weight is 466 g/mol. The molecular formula is C25H27N3O4S. The van der Waals surface area contributed by atoms with Crippen LogP contribution in [0.1, 0.15) is 17.3 Å². The largest absolute Gasteiger partial charge is 0.495 e. The summed E-state index contributed by atoms with van der Waals surface area (Å²) in [4.78, 5) is 26.4.